The maximum atomic E-state index is 15.4. The lowest BCUT2D eigenvalue weighted by Gasteiger charge is -2.17. The van der Waals surface area contributed by atoms with Crippen molar-refractivity contribution in [3.05, 3.63) is 152 Å². The minimum absolute atomic E-state index is 0.488. The molecule has 45 heavy (non-hydrogen) atoms. The molecule has 8 aromatic rings. The minimum atomic E-state index is -3.23. The third-order valence-electron chi connectivity index (χ3n) is 8.57. The highest BCUT2D eigenvalue weighted by molar-refractivity contribution is 7.86. The Morgan fingerprint density at radius 1 is 0.622 bits per heavy atom. The Morgan fingerprint density at radius 2 is 1.36 bits per heavy atom. The van der Waals surface area contributed by atoms with Crippen LogP contribution in [0.3, 0.4) is 0 Å². The van der Waals surface area contributed by atoms with Gasteiger partial charge >= 0.3 is 0 Å². The van der Waals surface area contributed by atoms with E-state index < -0.39 is 7.14 Å². The summed E-state index contributed by atoms with van der Waals surface area (Å²) in [6.07, 6.45) is 5.61. The first-order valence-corrected chi connectivity index (χ1v) is 16.5. The summed E-state index contributed by atoms with van der Waals surface area (Å²) in [7, 11) is -3.23. The molecule has 0 amide bonds. The van der Waals surface area contributed by atoms with Crippen LogP contribution in [0.2, 0.25) is 0 Å². The quantitative estimate of drug-likeness (QED) is 0.189. The van der Waals surface area contributed by atoms with E-state index in [0.29, 0.717) is 11.6 Å². The highest BCUT2D eigenvalue weighted by atomic mass is 31.2. The highest BCUT2D eigenvalue weighted by Gasteiger charge is 2.40. The first-order valence-electron chi connectivity index (χ1n) is 14.8. The van der Waals surface area contributed by atoms with E-state index in [4.69, 9.17) is 9.84 Å². The largest absolute Gasteiger partial charge is 0.439 e. The summed E-state index contributed by atoms with van der Waals surface area (Å²) in [6.45, 7) is 0. The van der Waals surface area contributed by atoms with Crippen molar-refractivity contribution in [1.82, 2.24) is 19.3 Å². The second kappa shape index (κ2) is 9.91. The highest BCUT2D eigenvalue weighted by Crippen LogP contribution is 2.53. The van der Waals surface area contributed by atoms with Gasteiger partial charge in [-0.2, -0.15) is 5.10 Å². The number of hydrogen-bond acceptors (Lipinski definition) is 4. The van der Waals surface area contributed by atoms with Gasteiger partial charge in [-0.1, -0.05) is 78.9 Å². The molecule has 0 N–H and O–H groups in total. The first-order chi connectivity index (χ1) is 22.2. The molecule has 3 aromatic heterocycles. The van der Waals surface area contributed by atoms with E-state index in [-0.39, 0.29) is 0 Å². The summed E-state index contributed by atoms with van der Waals surface area (Å²) >= 11 is 0. The number of fused-ring (bicyclic) bond motifs is 6. The Balaban J connectivity index is 1.16. The molecule has 0 saturated carbocycles. The predicted molar refractivity (Wildman–Crippen MR) is 181 cm³/mol. The van der Waals surface area contributed by atoms with Gasteiger partial charge in [0.1, 0.15) is 5.75 Å². The molecule has 0 aliphatic carbocycles. The Bertz CT molecular complexity index is 2410. The van der Waals surface area contributed by atoms with Crippen LogP contribution in [0.1, 0.15) is 0 Å². The van der Waals surface area contributed by atoms with Gasteiger partial charge in [-0.05, 0) is 59.7 Å². The van der Waals surface area contributed by atoms with Crippen LogP contribution in [0.15, 0.2) is 152 Å². The lowest BCUT2D eigenvalue weighted by molar-refractivity contribution is 0.463. The summed E-state index contributed by atoms with van der Waals surface area (Å²) in [5, 5.41) is 9.52. The Labute approximate surface area is 259 Å². The van der Waals surface area contributed by atoms with Gasteiger partial charge in [0.25, 0.3) is 0 Å². The smallest absolute Gasteiger partial charge is 0.219 e. The van der Waals surface area contributed by atoms with Crippen molar-refractivity contribution in [2.75, 3.05) is 0 Å². The van der Waals surface area contributed by atoms with Gasteiger partial charge in [0.15, 0.2) is 7.14 Å². The fraction of sp³-hybridized carbons (Fsp3) is 0. The Hall–Kier alpha value is -5.71. The molecule has 0 fully saturated rings. The lowest BCUT2D eigenvalue weighted by atomic mass is 10.1. The summed E-state index contributed by atoms with van der Waals surface area (Å²) < 4.78 is 25.6. The van der Waals surface area contributed by atoms with Gasteiger partial charge in [-0.25, -0.2) is 9.67 Å². The fourth-order valence-electron chi connectivity index (χ4n) is 6.58. The summed E-state index contributed by atoms with van der Waals surface area (Å²) in [4.78, 5) is 4.30. The average molecular weight is 601 g/mol. The number of aromatic nitrogens is 4. The van der Waals surface area contributed by atoms with Crippen molar-refractivity contribution >= 4 is 44.9 Å². The van der Waals surface area contributed by atoms with Crippen LogP contribution in [-0.2, 0) is 4.57 Å². The molecule has 5 aromatic carbocycles. The molecule has 6 nitrogen and oxygen atoms in total. The molecular weight excluding hydrogens is 575 g/mol. The van der Waals surface area contributed by atoms with Gasteiger partial charge < -0.3 is 13.9 Å². The summed E-state index contributed by atoms with van der Waals surface area (Å²) in [5.41, 5.74) is 5.98. The molecule has 0 spiro atoms. The van der Waals surface area contributed by atoms with Crippen LogP contribution in [0.5, 0.6) is 11.6 Å². The van der Waals surface area contributed by atoms with Crippen molar-refractivity contribution in [1.29, 1.82) is 0 Å². The van der Waals surface area contributed by atoms with Crippen molar-refractivity contribution in [3.8, 4) is 34.1 Å². The Kier molecular flexibility index (Phi) is 5.67. The van der Waals surface area contributed by atoms with Gasteiger partial charge in [0, 0.05) is 38.9 Å². The number of pyridine rings is 1. The van der Waals surface area contributed by atoms with E-state index in [2.05, 4.69) is 58.1 Å². The molecule has 214 valence electrons. The number of hydrogen-bond donors (Lipinski definition) is 0. The zero-order valence-electron chi connectivity index (χ0n) is 24.0. The second-order valence-corrected chi connectivity index (χ2v) is 13.8. The average Bonchev–Trinajstić information content (AvgIpc) is 3.78. The van der Waals surface area contributed by atoms with Crippen LogP contribution >= 0.6 is 7.14 Å². The molecule has 0 radical (unpaired) electrons. The predicted octanol–water partition coefficient (Wildman–Crippen LogP) is 7.78. The van der Waals surface area contributed by atoms with E-state index in [1.165, 1.54) is 10.8 Å². The van der Waals surface area contributed by atoms with Crippen LogP contribution in [0, 0.1) is 0 Å². The number of benzene rings is 5. The van der Waals surface area contributed by atoms with Crippen LogP contribution < -0.4 is 20.7 Å². The van der Waals surface area contributed by atoms with Crippen molar-refractivity contribution in [3.63, 3.8) is 0 Å². The van der Waals surface area contributed by atoms with E-state index >= 15 is 4.57 Å². The minimum Gasteiger partial charge on any atom is -0.439 e. The van der Waals surface area contributed by atoms with Gasteiger partial charge in [0.05, 0.1) is 34.8 Å². The number of nitrogens with zero attached hydrogens (tertiary/aromatic N) is 4. The van der Waals surface area contributed by atoms with Crippen molar-refractivity contribution < 1.29 is 9.30 Å². The third kappa shape index (κ3) is 3.93. The van der Waals surface area contributed by atoms with Gasteiger partial charge in [0.2, 0.25) is 5.88 Å². The zero-order chi connectivity index (χ0) is 30.0. The molecule has 9 rings (SSSR count). The molecule has 1 aliphatic heterocycles. The molecule has 0 bridgehead atoms. The molecular formula is C38H25N4O2P. The zero-order valence-corrected chi connectivity index (χ0v) is 24.9. The van der Waals surface area contributed by atoms with Gasteiger partial charge in [-0.15, -0.1) is 0 Å². The van der Waals surface area contributed by atoms with Crippen molar-refractivity contribution in [2.24, 2.45) is 0 Å². The van der Waals surface area contributed by atoms with Crippen LogP contribution in [-0.4, -0.2) is 19.3 Å². The molecule has 1 atom stereocenters. The molecule has 7 heteroatoms. The second-order valence-electron chi connectivity index (χ2n) is 11.1. The van der Waals surface area contributed by atoms with E-state index in [1.807, 2.05) is 102 Å². The normalized spacial score (nSPS) is 15.3. The first kappa shape index (κ1) is 25.8. The van der Waals surface area contributed by atoms with Crippen LogP contribution in [0.4, 0.5) is 0 Å². The van der Waals surface area contributed by atoms with Gasteiger partial charge in [-0.3, -0.25) is 0 Å². The maximum Gasteiger partial charge on any atom is 0.219 e. The fourth-order valence-corrected chi connectivity index (χ4v) is 9.68. The van der Waals surface area contributed by atoms with Crippen LogP contribution in [0.25, 0.3) is 44.3 Å². The van der Waals surface area contributed by atoms with E-state index in [1.54, 1.807) is 6.20 Å². The number of rotatable bonds is 5. The topological polar surface area (TPSA) is 61.9 Å². The molecule has 4 heterocycles. The monoisotopic (exact) mass is 600 g/mol. The molecule has 0 saturated heterocycles. The van der Waals surface area contributed by atoms with E-state index in [9.17, 15) is 0 Å². The maximum absolute atomic E-state index is 15.4. The summed E-state index contributed by atoms with van der Waals surface area (Å²) in [6, 6.07) is 44.1. The standard InChI is InChI=1S/C38H25N4O2P/c43-45(36-17-6-3-14-32(36)33-20-19-28(23-37(33)45)44-38-18-7-8-21-39-38)29-11-9-10-26(22-29)41-25-27(24-40-41)42-34-15-4-1-12-30(34)31-13-2-5-16-35(31)42/h1-25H. The van der Waals surface area contributed by atoms with E-state index in [0.717, 1.165) is 49.4 Å². The Morgan fingerprint density at radius 3 is 2.16 bits per heavy atom. The summed E-state index contributed by atoms with van der Waals surface area (Å²) in [5.74, 6) is 1.09. The van der Waals surface area contributed by atoms with Crippen molar-refractivity contribution in [2.45, 2.75) is 0 Å². The number of ether oxygens (including phenoxy) is 1. The SMILES string of the molecule is O=P1(c2cccc(-n3cc(-n4c5ccccc5c5ccccc54)cn3)c2)c2ccccc2-c2ccc(Oc3ccccn3)cc21. The molecule has 1 aliphatic rings. The molecule has 1 unspecified atom stereocenters. The lowest BCUT2D eigenvalue weighted by Crippen LogP contribution is -2.21. The third-order valence-corrected chi connectivity index (χ3v) is 11.7. The number of para-hydroxylation sites is 2.